The van der Waals surface area contributed by atoms with E-state index in [4.69, 9.17) is 11.6 Å². The number of anilines is 2. The Balaban J connectivity index is 1.84. The summed E-state index contributed by atoms with van der Waals surface area (Å²) in [6.07, 6.45) is 0. The van der Waals surface area contributed by atoms with Gasteiger partial charge in [0.1, 0.15) is 6.04 Å². The van der Waals surface area contributed by atoms with Crippen molar-refractivity contribution in [2.24, 2.45) is 0 Å². The summed E-state index contributed by atoms with van der Waals surface area (Å²) in [5.41, 5.74) is 1.94. The quantitative estimate of drug-likeness (QED) is 0.611. The number of para-hydroxylation sites is 2. The summed E-state index contributed by atoms with van der Waals surface area (Å²) in [5.74, 6) is -0.285. The van der Waals surface area contributed by atoms with Crippen molar-refractivity contribution >= 4 is 34.9 Å². The van der Waals surface area contributed by atoms with Crippen LogP contribution in [0.1, 0.15) is 11.6 Å². The van der Waals surface area contributed by atoms with E-state index in [1.165, 1.54) is 9.80 Å². The molecule has 0 aromatic heterocycles. The van der Waals surface area contributed by atoms with Crippen LogP contribution in [0.4, 0.5) is 16.2 Å². The summed E-state index contributed by atoms with van der Waals surface area (Å²) in [7, 11) is 0. The Morgan fingerprint density at radius 3 is 1.81 bits per heavy atom. The number of hydrogen-bond acceptors (Lipinski definition) is 2. The van der Waals surface area contributed by atoms with Crippen molar-refractivity contribution in [3.8, 4) is 0 Å². The fraction of sp³-hybridized carbons (Fsp3) is 0.0476. The number of carbonyl (C=O) groups excluding carboxylic acids is 2. The largest absolute Gasteiger partial charge is 0.336 e. The van der Waals surface area contributed by atoms with E-state index in [1.54, 1.807) is 48.5 Å². The first kappa shape index (κ1) is 16.4. The lowest BCUT2D eigenvalue weighted by Crippen LogP contribution is -2.33. The first-order valence-corrected chi connectivity index (χ1v) is 8.57. The Hall–Kier alpha value is -3.11. The third-order valence-electron chi connectivity index (χ3n) is 4.34. The lowest BCUT2D eigenvalue weighted by atomic mass is 10.1. The summed E-state index contributed by atoms with van der Waals surface area (Å²) in [6, 6.07) is 24.1. The van der Waals surface area contributed by atoms with E-state index in [9.17, 15) is 9.59 Å². The van der Waals surface area contributed by atoms with Crippen molar-refractivity contribution in [2.45, 2.75) is 6.04 Å². The second kappa shape index (κ2) is 6.65. The van der Waals surface area contributed by atoms with Crippen molar-refractivity contribution in [1.29, 1.82) is 0 Å². The molecule has 1 heterocycles. The molecule has 26 heavy (non-hydrogen) atoms. The van der Waals surface area contributed by atoms with Gasteiger partial charge in [0.15, 0.2) is 0 Å². The molecule has 4 rings (SSSR count). The fourth-order valence-corrected chi connectivity index (χ4v) is 3.27. The average Bonchev–Trinajstić information content (AvgIpc) is 2.94. The number of hydrogen-bond donors (Lipinski definition) is 0. The van der Waals surface area contributed by atoms with E-state index in [0.29, 0.717) is 16.4 Å². The molecular formula is C21H15ClN2O2. The lowest BCUT2D eigenvalue weighted by Gasteiger charge is -2.22. The summed E-state index contributed by atoms with van der Waals surface area (Å²) in [4.78, 5) is 29.1. The van der Waals surface area contributed by atoms with Gasteiger partial charge in [0, 0.05) is 10.7 Å². The maximum Gasteiger partial charge on any atom is 0.336 e. The second-order valence-electron chi connectivity index (χ2n) is 5.95. The van der Waals surface area contributed by atoms with Crippen LogP contribution in [0.3, 0.4) is 0 Å². The third-order valence-corrected chi connectivity index (χ3v) is 4.60. The van der Waals surface area contributed by atoms with Crippen LogP contribution < -0.4 is 9.80 Å². The molecule has 3 aromatic rings. The van der Waals surface area contributed by atoms with Crippen molar-refractivity contribution < 1.29 is 9.59 Å². The van der Waals surface area contributed by atoms with Crippen LogP contribution in [0.2, 0.25) is 5.02 Å². The summed E-state index contributed by atoms with van der Waals surface area (Å²) in [5, 5.41) is 0.580. The molecule has 0 aliphatic carbocycles. The minimum Gasteiger partial charge on any atom is -0.277 e. The number of rotatable bonds is 3. The highest BCUT2D eigenvalue weighted by molar-refractivity contribution is 6.31. The van der Waals surface area contributed by atoms with Gasteiger partial charge >= 0.3 is 6.03 Å². The van der Waals surface area contributed by atoms with Crippen molar-refractivity contribution in [2.75, 3.05) is 9.80 Å². The molecule has 1 aliphatic rings. The highest BCUT2D eigenvalue weighted by Crippen LogP contribution is 2.38. The maximum absolute atomic E-state index is 13.2. The molecular weight excluding hydrogens is 348 g/mol. The molecule has 1 aliphatic heterocycles. The zero-order valence-electron chi connectivity index (χ0n) is 13.7. The van der Waals surface area contributed by atoms with Gasteiger partial charge in [-0.1, -0.05) is 60.1 Å². The number of halogens is 1. The van der Waals surface area contributed by atoms with Crippen LogP contribution in [0.25, 0.3) is 0 Å². The number of benzene rings is 3. The fourth-order valence-electron chi connectivity index (χ4n) is 3.14. The van der Waals surface area contributed by atoms with Crippen molar-refractivity contribution in [3.63, 3.8) is 0 Å². The SMILES string of the molecule is O=C1C(c2ccc(Cl)cc2)N(c2ccccc2)C(=O)N1c1ccccc1. The lowest BCUT2D eigenvalue weighted by molar-refractivity contribution is -0.118. The topological polar surface area (TPSA) is 40.6 Å². The normalized spacial score (nSPS) is 17.0. The van der Waals surface area contributed by atoms with Crippen LogP contribution in [0.15, 0.2) is 84.9 Å². The Morgan fingerprint density at radius 2 is 1.23 bits per heavy atom. The molecule has 1 unspecified atom stereocenters. The van der Waals surface area contributed by atoms with Gasteiger partial charge < -0.3 is 0 Å². The van der Waals surface area contributed by atoms with E-state index in [1.807, 2.05) is 36.4 Å². The molecule has 5 heteroatoms. The number of nitrogens with zero attached hydrogens (tertiary/aromatic N) is 2. The summed E-state index contributed by atoms with van der Waals surface area (Å²) >= 11 is 5.99. The first-order valence-electron chi connectivity index (χ1n) is 8.19. The first-order chi connectivity index (χ1) is 12.7. The minimum atomic E-state index is -0.734. The van der Waals surface area contributed by atoms with E-state index in [0.717, 1.165) is 5.56 Å². The predicted molar refractivity (Wildman–Crippen MR) is 102 cm³/mol. The van der Waals surface area contributed by atoms with Crippen LogP contribution in [-0.4, -0.2) is 11.9 Å². The monoisotopic (exact) mass is 362 g/mol. The minimum absolute atomic E-state index is 0.285. The van der Waals surface area contributed by atoms with Crippen LogP contribution in [0, 0.1) is 0 Å². The highest BCUT2D eigenvalue weighted by Gasteiger charge is 2.47. The smallest absolute Gasteiger partial charge is 0.277 e. The molecule has 0 bridgehead atoms. The molecule has 0 saturated carbocycles. The predicted octanol–water partition coefficient (Wildman–Crippen LogP) is 5.05. The summed E-state index contributed by atoms with van der Waals surface area (Å²) < 4.78 is 0. The van der Waals surface area contributed by atoms with Gasteiger partial charge in [-0.25, -0.2) is 9.69 Å². The molecule has 4 nitrogen and oxygen atoms in total. The third kappa shape index (κ3) is 2.74. The van der Waals surface area contributed by atoms with Crippen LogP contribution in [-0.2, 0) is 4.79 Å². The van der Waals surface area contributed by atoms with Crippen LogP contribution in [0.5, 0.6) is 0 Å². The summed E-state index contributed by atoms with van der Waals surface area (Å²) in [6.45, 7) is 0. The van der Waals surface area contributed by atoms with E-state index < -0.39 is 6.04 Å². The Labute approximate surface area is 156 Å². The molecule has 3 amide bonds. The van der Waals surface area contributed by atoms with Gasteiger partial charge in [0.05, 0.1) is 5.69 Å². The van der Waals surface area contributed by atoms with Gasteiger partial charge in [-0.15, -0.1) is 0 Å². The molecule has 1 fully saturated rings. The zero-order valence-corrected chi connectivity index (χ0v) is 14.5. The van der Waals surface area contributed by atoms with Gasteiger partial charge in [-0.2, -0.15) is 0 Å². The number of imide groups is 1. The van der Waals surface area contributed by atoms with E-state index >= 15 is 0 Å². The molecule has 3 aromatic carbocycles. The number of amides is 3. The zero-order chi connectivity index (χ0) is 18.1. The van der Waals surface area contributed by atoms with Gasteiger partial charge in [-0.05, 0) is 42.0 Å². The second-order valence-corrected chi connectivity index (χ2v) is 6.39. The molecule has 1 atom stereocenters. The molecule has 1 saturated heterocycles. The Bertz CT molecular complexity index is 943. The van der Waals surface area contributed by atoms with E-state index in [-0.39, 0.29) is 11.9 Å². The maximum atomic E-state index is 13.2. The number of urea groups is 1. The molecule has 128 valence electrons. The Morgan fingerprint density at radius 1 is 0.692 bits per heavy atom. The van der Waals surface area contributed by atoms with E-state index in [2.05, 4.69) is 0 Å². The molecule has 0 N–H and O–H groups in total. The standard InChI is InChI=1S/C21H15ClN2O2/c22-16-13-11-15(12-14-16)19-20(25)24(18-9-5-2-6-10-18)21(26)23(19)17-7-3-1-4-8-17/h1-14,19H. The van der Waals surface area contributed by atoms with Crippen LogP contribution >= 0.6 is 11.6 Å². The number of carbonyl (C=O) groups is 2. The van der Waals surface area contributed by atoms with Gasteiger partial charge in [0.2, 0.25) is 0 Å². The average molecular weight is 363 g/mol. The van der Waals surface area contributed by atoms with Crippen molar-refractivity contribution in [3.05, 3.63) is 95.5 Å². The molecule has 0 spiro atoms. The molecule has 0 radical (unpaired) electrons. The van der Waals surface area contributed by atoms with Crippen molar-refractivity contribution in [1.82, 2.24) is 0 Å². The Kier molecular flexibility index (Phi) is 4.19. The highest BCUT2D eigenvalue weighted by atomic mass is 35.5. The van der Waals surface area contributed by atoms with Gasteiger partial charge in [-0.3, -0.25) is 9.69 Å². The van der Waals surface area contributed by atoms with Gasteiger partial charge in [0.25, 0.3) is 5.91 Å².